The van der Waals surface area contributed by atoms with Crippen molar-refractivity contribution in [2.24, 2.45) is 0 Å². The molecule has 76 valence electrons. The fourth-order valence-corrected chi connectivity index (χ4v) is 0.844. The fraction of sp³-hybridized carbons (Fsp3) is 0.700. The quantitative estimate of drug-likeness (QED) is 0.371. The Morgan fingerprint density at radius 1 is 1.46 bits per heavy atom. The van der Waals surface area contributed by atoms with Crippen molar-refractivity contribution in [1.29, 1.82) is 0 Å². The van der Waals surface area contributed by atoms with Crippen LogP contribution in [0.3, 0.4) is 0 Å². The number of hydrogen-bond acceptors (Lipinski definition) is 3. The average molecular weight is 185 g/mol. The summed E-state index contributed by atoms with van der Waals surface area (Å²) in [6.45, 7) is 9.29. The van der Waals surface area contributed by atoms with Crippen LogP contribution < -0.4 is 5.32 Å². The molecule has 0 aliphatic carbocycles. The zero-order valence-electron chi connectivity index (χ0n) is 8.56. The van der Waals surface area contributed by atoms with Gasteiger partial charge in [-0.05, 0) is 26.3 Å². The van der Waals surface area contributed by atoms with Gasteiger partial charge < -0.3 is 10.1 Å². The molecule has 0 spiro atoms. The van der Waals surface area contributed by atoms with Gasteiger partial charge in [0.05, 0.1) is 13.2 Å². The molecule has 3 heteroatoms. The summed E-state index contributed by atoms with van der Waals surface area (Å²) in [5.74, 6) is -0.190. The third-order valence-corrected chi connectivity index (χ3v) is 1.73. The molecule has 3 nitrogen and oxygen atoms in total. The summed E-state index contributed by atoms with van der Waals surface area (Å²) in [7, 11) is 0. The monoisotopic (exact) mass is 185 g/mol. The Hall–Kier alpha value is -0.830. The number of nitrogens with one attached hydrogen (secondary N) is 1. The van der Waals surface area contributed by atoms with Crippen LogP contribution >= 0.6 is 0 Å². The zero-order chi connectivity index (χ0) is 10.1. The Balaban J connectivity index is 3.25. The molecule has 0 aliphatic heterocycles. The molecule has 0 aliphatic rings. The average Bonchev–Trinajstić information content (AvgIpc) is 2.12. The summed E-state index contributed by atoms with van der Waals surface area (Å²) in [5, 5.41) is 3.00. The molecule has 0 unspecified atom stereocenters. The lowest BCUT2D eigenvalue weighted by molar-refractivity contribution is -0.141. The van der Waals surface area contributed by atoms with Gasteiger partial charge in [0.25, 0.3) is 0 Å². The topological polar surface area (TPSA) is 38.3 Å². The first-order valence-corrected chi connectivity index (χ1v) is 4.73. The van der Waals surface area contributed by atoms with Crippen LogP contribution in [0.2, 0.25) is 0 Å². The van der Waals surface area contributed by atoms with Crippen molar-refractivity contribution in [3.05, 3.63) is 12.2 Å². The van der Waals surface area contributed by atoms with E-state index >= 15 is 0 Å². The maximum Gasteiger partial charge on any atom is 0.319 e. The maximum absolute atomic E-state index is 10.9. The van der Waals surface area contributed by atoms with E-state index in [2.05, 4.69) is 18.8 Å². The number of carbonyl (C=O) groups is 1. The van der Waals surface area contributed by atoms with Crippen molar-refractivity contribution in [2.75, 3.05) is 19.7 Å². The second-order valence-electron chi connectivity index (χ2n) is 2.84. The molecule has 0 aromatic carbocycles. The largest absolute Gasteiger partial charge is 0.465 e. The van der Waals surface area contributed by atoms with Gasteiger partial charge in [-0.2, -0.15) is 0 Å². The molecule has 0 bridgehead atoms. The van der Waals surface area contributed by atoms with E-state index in [1.165, 1.54) is 5.57 Å². The predicted octanol–water partition coefficient (Wildman–Crippen LogP) is 1.50. The highest BCUT2D eigenvalue weighted by Gasteiger charge is 1.99. The molecule has 0 saturated carbocycles. The molecule has 0 fully saturated rings. The molecule has 13 heavy (non-hydrogen) atoms. The lowest BCUT2D eigenvalue weighted by atomic mass is 10.2. The summed E-state index contributed by atoms with van der Waals surface area (Å²) < 4.78 is 4.75. The van der Waals surface area contributed by atoms with E-state index in [1.54, 1.807) is 6.92 Å². The van der Waals surface area contributed by atoms with Crippen LogP contribution in [0.25, 0.3) is 0 Å². The van der Waals surface area contributed by atoms with Crippen LogP contribution in [-0.4, -0.2) is 25.7 Å². The third kappa shape index (κ3) is 7.53. The minimum Gasteiger partial charge on any atom is -0.465 e. The molecule has 0 aromatic rings. The van der Waals surface area contributed by atoms with Crippen molar-refractivity contribution < 1.29 is 9.53 Å². The van der Waals surface area contributed by atoms with Gasteiger partial charge in [0.2, 0.25) is 0 Å². The predicted molar refractivity (Wildman–Crippen MR) is 53.6 cm³/mol. The first kappa shape index (κ1) is 12.2. The summed E-state index contributed by atoms with van der Waals surface area (Å²) >= 11 is 0. The first-order chi connectivity index (χ1) is 6.20. The van der Waals surface area contributed by atoms with Gasteiger partial charge in [0.1, 0.15) is 0 Å². The van der Waals surface area contributed by atoms with Crippen molar-refractivity contribution in [3.63, 3.8) is 0 Å². The highest BCUT2D eigenvalue weighted by molar-refractivity contribution is 5.71. The molecule has 1 N–H and O–H groups in total. The molecular formula is C10H19NO2. The molecule has 0 radical (unpaired) electrons. The minimum atomic E-state index is -0.190. The van der Waals surface area contributed by atoms with E-state index in [9.17, 15) is 4.79 Å². The summed E-state index contributed by atoms with van der Waals surface area (Å²) in [5.41, 5.74) is 1.20. The van der Waals surface area contributed by atoms with Crippen molar-refractivity contribution in [3.8, 4) is 0 Å². The molecule has 0 rings (SSSR count). The molecule has 0 amide bonds. The minimum absolute atomic E-state index is 0.190. The molecule has 0 saturated heterocycles. The number of esters is 1. The van der Waals surface area contributed by atoms with Gasteiger partial charge in [0, 0.05) is 0 Å². The van der Waals surface area contributed by atoms with Gasteiger partial charge >= 0.3 is 5.97 Å². The SMILES string of the molecule is C=C(CC)CCNCC(=O)OCC. The van der Waals surface area contributed by atoms with Gasteiger partial charge in [-0.1, -0.05) is 19.1 Å². The fourth-order valence-electron chi connectivity index (χ4n) is 0.844. The number of carbonyl (C=O) groups excluding carboxylic acids is 1. The highest BCUT2D eigenvalue weighted by atomic mass is 16.5. The normalized spacial score (nSPS) is 9.69. The van der Waals surface area contributed by atoms with Crippen molar-refractivity contribution >= 4 is 5.97 Å². The van der Waals surface area contributed by atoms with Crippen LogP contribution in [0.1, 0.15) is 26.7 Å². The Bertz CT molecular complexity index is 166. The smallest absolute Gasteiger partial charge is 0.319 e. The first-order valence-electron chi connectivity index (χ1n) is 4.73. The highest BCUT2D eigenvalue weighted by Crippen LogP contribution is 1.99. The Kier molecular flexibility index (Phi) is 7.30. The number of rotatable bonds is 7. The van der Waals surface area contributed by atoms with Crippen molar-refractivity contribution in [1.82, 2.24) is 5.32 Å². The molecular weight excluding hydrogens is 166 g/mol. The second kappa shape index (κ2) is 7.80. The van der Waals surface area contributed by atoms with Crippen LogP contribution in [0.5, 0.6) is 0 Å². The molecule has 0 heterocycles. The zero-order valence-corrected chi connectivity index (χ0v) is 8.56. The van der Waals surface area contributed by atoms with Crippen LogP contribution in [-0.2, 0) is 9.53 Å². The third-order valence-electron chi connectivity index (χ3n) is 1.73. The standard InChI is InChI=1S/C10H19NO2/c1-4-9(3)6-7-11-8-10(12)13-5-2/h11H,3-8H2,1-2H3. The van der Waals surface area contributed by atoms with Gasteiger partial charge in [-0.15, -0.1) is 0 Å². The summed E-state index contributed by atoms with van der Waals surface area (Å²) in [4.78, 5) is 10.9. The van der Waals surface area contributed by atoms with Crippen molar-refractivity contribution in [2.45, 2.75) is 26.7 Å². The molecule has 0 atom stereocenters. The van der Waals surface area contributed by atoms with Gasteiger partial charge in [-0.25, -0.2) is 0 Å². The van der Waals surface area contributed by atoms with E-state index in [-0.39, 0.29) is 5.97 Å². The summed E-state index contributed by atoms with van der Waals surface area (Å²) in [6.07, 6.45) is 1.93. The lowest BCUT2D eigenvalue weighted by Gasteiger charge is -2.04. The van der Waals surface area contributed by atoms with Crippen LogP contribution in [0, 0.1) is 0 Å². The Morgan fingerprint density at radius 3 is 2.69 bits per heavy atom. The Morgan fingerprint density at radius 2 is 2.15 bits per heavy atom. The number of hydrogen-bond donors (Lipinski definition) is 1. The second-order valence-corrected chi connectivity index (χ2v) is 2.84. The lowest BCUT2D eigenvalue weighted by Crippen LogP contribution is -2.25. The van der Waals surface area contributed by atoms with E-state index in [1.807, 2.05) is 0 Å². The maximum atomic E-state index is 10.9. The van der Waals surface area contributed by atoms with Crippen LogP contribution in [0.4, 0.5) is 0 Å². The van der Waals surface area contributed by atoms with Crippen LogP contribution in [0.15, 0.2) is 12.2 Å². The van der Waals surface area contributed by atoms with Gasteiger partial charge in [0.15, 0.2) is 0 Å². The Labute approximate surface area is 80.2 Å². The van der Waals surface area contributed by atoms with E-state index < -0.39 is 0 Å². The van der Waals surface area contributed by atoms with E-state index in [4.69, 9.17) is 4.74 Å². The van der Waals surface area contributed by atoms with E-state index in [0.29, 0.717) is 13.2 Å². The van der Waals surface area contributed by atoms with E-state index in [0.717, 1.165) is 19.4 Å². The summed E-state index contributed by atoms with van der Waals surface area (Å²) in [6, 6.07) is 0. The number of ether oxygens (including phenoxy) is 1. The molecule has 0 aromatic heterocycles. The van der Waals surface area contributed by atoms with Gasteiger partial charge in [-0.3, -0.25) is 4.79 Å².